The number of ether oxygens (including phenoxy) is 1. The second-order valence-corrected chi connectivity index (χ2v) is 7.49. The second-order valence-electron chi connectivity index (χ2n) is 7.05. The Hall–Kier alpha value is -1.82. The molecule has 1 aromatic carbocycles. The van der Waals surface area contributed by atoms with Crippen LogP contribution in [0.5, 0.6) is 5.88 Å². The maximum absolute atomic E-state index is 6.18. The van der Waals surface area contributed by atoms with Gasteiger partial charge in [-0.3, -0.25) is 0 Å². The normalized spacial score (nSPS) is 14.4. The van der Waals surface area contributed by atoms with Crippen LogP contribution >= 0.6 is 24.0 Å². The molecule has 5 nitrogen and oxygen atoms in total. The Morgan fingerprint density at radius 2 is 1.89 bits per heavy atom. The molecule has 0 spiro atoms. The summed E-state index contributed by atoms with van der Waals surface area (Å²) < 4.78 is 5.32. The van der Waals surface area contributed by atoms with E-state index in [1.807, 2.05) is 30.3 Å². The van der Waals surface area contributed by atoms with Crippen LogP contribution in [0.2, 0.25) is 5.02 Å². The average Bonchev–Trinajstić information content (AvgIpc) is 3.20. The molecule has 1 saturated heterocycles. The lowest BCUT2D eigenvalue weighted by molar-refractivity contribution is 0.331. The van der Waals surface area contributed by atoms with Gasteiger partial charge < -0.3 is 15.0 Å². The van der Waals surface area contributed by atoms with Gasteiger partial charge in [0.05, 0.1) is 23.8 Å². The van der Waals surface area contributed by atoms with Crippen molar-refractivity contribution in [1.29, 1.82) is 0 Å². The van der Waals surface area contributed by atoms with E-state index in [9.17, 15) is 0 Å². The third kappa shape index (κ3) is 4.59. The van der Waals surface area contributed by atoms with Gasteiger partial charge in [0.15, 0.2) is 0 Å². The molecule has 150 valence electrons. The van der Waals surface area contributed by atoms with E-state index < -0.39 is 0 Å². The Labute approximate surface area is 176 Å². The van der Waals surface area contributed by atoms with Crippen LogP contribution in [0.1, 0.15) is 25.7 Å². The fraction of sp³-hybridized carbons (Fsp3) is 0.429. The van der Waals surface area contributed by atoms with Gasteiger partial charge in [0.25, 0.3) is 0 Å². The number of fused-ring (bicyclic) bond motifs is 2. The molecule has 4 rings (SSSR count). The first kappa shape index (κ1) is 20.9. The summed E-state index contributed by atoms with van der Waals surface area (Å²) in [6, 6.07) is 9.60. The minimum atomic E-state index is 0. The smallest absolute Gasteiger partial charge is 0.213 e. The van der Waals surface area contributed by atoms with Gasteiger partial charge in [-0.05, 0) is 69.6 Å². The van der Waals surface area contributed by atoms with Crippen molar-refractivity contribution in [3.05, 3.63) is 35.4 Å². The number of anilines is 1. The van der Waals surface area contributed by atoms with Crippen molar-refractivity contribution in [3.63, 3.8) is 0 Å². The van der Waals surface area contributed by atoms with Gasteiger partial charge in [0.2, 0.25) is 5.88 Å². The second kappa shape index (κ2) is 9.59. The molecule has 1 aliphatic rings. The van der Waals surface area contributed by atoms with E-state index >= 15 is 0 Å². The maximum atomic E-state index is 6.18. The Balaban J connectivity index is 0.00000225. The number of likely N-dealkylation sites (tertiary alicyclic amines) is 1. The minimum Gasteiger partial charge on any atom is -0.481 e. The Bertz CT molecular complexity index is 944. The molecule has 0 atom stereocenters. The van der Waals surface area contributed by atoms with Crippen molar-refractivity contribution in [2.75, 3.05) is 38.6 Å². The van der Waals surface area contributed by atoms with E-state index in [0.29, 0.717) is 10.9 Å². The van der Waals surface area contributed by atoms with Crippen molar-refractivity contribution in [2.24, 2.45) is 0 Å². The van der Waals surface area contributed by atoms with Gasteiger partial charge >= 0.3 is 0 Å². The zero-order valence-electron chi connectivity index (χ0n) is 16.1. The molecular weight excluding hydrogens is 395 g/mol. The number of hydrogen-bond acceptors (Lipinski definition) is 5. The summed E-state index contributed by atoms with van der Waals surface area (Å²) in [7, 11) is 1.63. The molecule has 0 amide bonds. The van der Waals surface area contributed by atoms with E-state index in [1.54, 1.807) is 7.11 Å². The Morgan fingerprint density at radius 1 is 1.07 bits per heavy atom. The van der Waals surface area contributed by atoms with Gasteiger partial charge in [-0.15, -0.1) is 12.4 Å². The number of benzene rings is 1. The molecule has 0 bridgehead atoms. The molecule has 1 fully saturated rings. The summed E-state index contributed by atoms with van der Waals surface area (Å²) in [5.74, 6) is 0.592. The summed E-state index contributed by atoms with van der Waals surface area (Å²) in [5, 5.41) is 5.33. The average molecular weight is 421 g/mol. The number of methoxy groups -OCH3 is 1. The van der Waals surface area contributed by atoms with Crippen LogP contribution in [-0.2, 0) is 0 Å². The predicted octanol–water partition coefficient (Wildman–Crippen LogP) is 5.15. The number of rotatable bonds is 7. The molecule has 2 aromatic heterocycles. The van der Waals surface area contributed by atoms with Crippen molar-refractivity contribution >= 4 is 51.6 Å². The van der Waals surface area contributed by atoms with Crippen LogP contribution in [0.3, 0.4) is 0 Å². The number of nitrogens with zero attached hydrogens (tertiary/aromatic N) is 3. The summed E-state index contributed by atoms with van der Waals surface area (Å²) in [4.78, 5) is 11.9. The minimum absolute atomic E-state index is 0. The molecule has 0 aliphatic carbocycles. The first-order valence-corrected chi connectivity index (χ1v) is 10.0. The number of hydrogen-bond donors (Lipinski definition) is 1. The third-order valence-corrected chi connectivity index (χ3v) is 5.40. The number of unbranched alkanes of at least 4 members (excludes halogenated alkanes) is 1. The highest BCUT2D eigenvalue weighted by Gasteiger charge is 2.13. The third-order valence-electron chi connectivity index (χ3n) is 5.17. The zero-order chi connectivity index (χ0) is 18.6. The van der Waals surface area contributed by atoms with E-state index in [2.05, 4.69) is 15.2 Å². The molecule has 0 unspecified atom stereocenters. The maximum Gasteiger partial charge on any atom is 0.213 e. The van der Waals surface area contributed by atoms with Crippen LogP contribution in [0, 0.1) is 0 Å². The van der Waals surface area contributed by atoms with Gasteiger partial charge in [-0.25, -0.2) is 9.97 Å². The molecule has 3 aromatic rings. The molecular formula is C21H26Cl2N4O. The van der Waals surface area contributed by atoms with Gasteiger partial charge in [0, 0.05) is 23.0 Å². The van der Waals surface area contributed by atoms with Crippen molar-refractivity contribution in [2.45, 2.75) is 25.7 Å². The summed E-state index contributed by atoms with van der Waals surface area (Å²) in [5.41, 5.74) is 3.56. The molecule has 0 radical (unpaired) electrons. The highest BCUT2D eigenvalue weighted by Crippen LogP contribution is 2.32. The molecule has 1 aliphatic heterocycles. The van der Waals surface area contributed by atoms with E-state index in [1.165, 1.54) is 38.9 Å². The Morgan fingerprint density at radius 3 is 2.68 bits per heavy atom. The summed E-state index contributed by atoms with van der Waals surface area (Å²) in [6.45, 7) is 4.62. The van der Waals surface area contributed by atoms with Crippen molar-refractivity contribution in [3.8, 4) is 5.88 Å². The van der Waals surface area contributed by atoms with Crippen LogP contribution in [0.4, 0.5) is 5.69 Å². The molecule has 7 heteroatoms. The van der Waals surface area contributed by atoms with Gasteiger partial charge in [-0.2, -0.15) is 0 Å². The number of nitrogens with one attached hydrogen (secondary N) is 1. The quantitative estimate of drug-likeness (QED) is 0.422. The predicted molar refractivity (Wildman–Crippen MR) is 119 cm³/mol. The molecule has 3 heterocycles. The SMILES string of the molecule is COc1ccc2nc3cc(Cl)ccc3c(NCCCCN3CCCC3)c2n1.Cl. The number of pyridine rings is 2. The van der Waals surface area contributed by atoms with Gasteiger partial charge in [-0.1, -0.05) is 11.6 Å². The largest absolute Gasteiger partial charge is 0.481 e. The molecule has 28 heavy (non-hydrogen) atoms. The lowest BCUT2D eigenvalue weighted by Gasteiger charge is -2.15. The number of aromatic nitrogens is 2. The topological polar surface area (TPSA) is 50.3 Å². The van der Waals surface area contributed by atoms with Crippen LogP contribution < -0.4 is 10.1 Å². The monoisotopic (exact) mass is 420 g/mol. The van der Waals surface area contributed by atoms with Crippen LogP contribution in [0.15, 0.2) is 30.3 Å². The lowest BCUT2D eigenvalue weighted by Crippen LogP contribution is -2.20. The first-order chi connectivity index (χ1) is 13.2. The standard InChI is InChI=1S/C21H25ClN4O.ClH/c1-27-19-9-8-17-21(25-19)20(16-7-6-15(22)14-18(16)24-17)23-10-2-3-11-26-12-4-5-13-26;/h6-9,14H,2-5,10-13H2,1H3,(H,23,24);1H. The molecule has 1 N–H and O–H groups in total. The number of halogens is 2. The fourth-order valence-electron chi connectivity index (χ4n) is 3.75. The lowest BCUT2D eigenvalue weighted by atomic mass is 10.1. The van der Waals surface area contributed by atoms with E-state index in [4.69, 9.17) is 21.3 Å². The van der Waals surface area contributed by atoms with E-state index in [0.717, 1.165) is 40.6 Å². The van der Waals surface area contributed by atoms with Crippen molar-refractivity contribution < 1.29 is 4.74 Å². The summed E-state index contributed by atoms with van der Waals surface area (Å²) >= 11 is 6.18. The van der Waals surface area contributed by atoms with E-state index in [-0.39, 0.29) is 12.4 Å². The summed E-state index contributed by atoms with van der Waals surface area (Å²) in [6.07, 6.45) is 5.03. The molecule has 0 saturated carbocycles. The van der Waals surface area contributed by atoms with Gasteiger partial charge in [0.1, 0.15) is 5.52 Å². The Kier molecular flexibility index (Phi) is 7.16. The fourth-order valence-corrected chi connectivity index (χ4v) is 3.91. The first-order valence-electron chi connectivity index (χ1n) is 9.65. The highest BCUT2D eigenvalue weighted by molar-refractivity contribution is 6.31. The van der Waals surface area contributed by atoms with Crippen LogP contribution in [0.25, 0.3) is 21.9 Å². The highest BCUT2D eigenvalue weighted by atomic mass is 35.5. The van der Waals surface area contributed by atoms with Crippen molar-refractivity contribution in [1.82, 2.24) is 14.9 Å². The zero-order valence-corrected chi connectivity index (χ0v) is 17.7. The van der Waals surface area contributed by atoms with Crippen LogP contribution in [-0.4, -0.2) is 48.2 Å².